The molecule has 5 nitrogen and oxygen atoms in total. The van der Waals surface area contributed by atoms with Crippen LogP contribution in [0.4, 0.5) is 0 Å². The zero-order valence-corrected chi connectivity index (χ0v) is 8.95. The molecule has 0 radical (unpaired) electrons. The van der Waals surface area contributed by atoms with E-state index in [9.17, 15) is 0 Å². The molecule has 0 amide bonds. The van der Waals surface area contributed by atoms with Crippen molar-refractivity contribution in [1.29, 1.82) is 0 Å². The second-order valence-electron chi connectivity index (χ2n) is 3.30. The molecule has 86 valence electrons. The number of hydrogen-bond acceptors (Lipinski definition) is 4. The first-order chi connectivity index (χ1) is 8.29. The van der Waals surface area contributed by atoms with E-state index in [-0.39, 0.29) is 5.84 Å². The van der Waals surface area contributed by atoms with Gasteiger partial charge in [0, 0.05) is 11.8 Å². The summed E-state index contributed by atoms with van der Waals surface area (Å²) in [4.78, 5) is 3.94. The molecule has 0 fully saturated rings. The van der Waals surface area contributed by atoms with Crippen molar-refractivity contribution in [3.63, 3.8) is 0 Å². The Morgan fingerprint density at radius 3 is 2.53 bits per heavy atom. The third-order valence-corrected chi connectivity index (χ3v) is 2.13. The Kier molecular flexibility index (Phi) is 3.20. The number of oxime groups is 1. The van der Waals surface area contributed by atoms with Crippen molar-refractivity contribution in [2.45, 2.75) is 0 Å². The van der Waals surface area contributed by atoms with Crippen LogP contribution in [0.2, 0.25) is 0 Å². The van der Waals surface area contributed by atoms with Gasteiger partial charge >= 0.3 is 0 Å². The van der Waals surface area contributed by atoms with Gasteiger partial charge < -0.3 is 15.7 Å². The summed E-state index contributed by atoms with van der Waals surface area (Å²) >= 11 is 0. The monoisotopic (exact) mass is 229 g/mol. The molecule has 17 heavy (non-hydrogen) atoms. The zero-order valence-electron chi connectivity index (χ0n) is 8.95. The van der Waals surface area contributed by atoms with Gasteiger partial charge in [-0.15, -0.1) is 0 Å². The van der Waals surface area contributed by atoms with Gasteiger partial charge in [-0.05, 0) is 36.4 Å². The molecule has 0 aliphatic rings. The smallest absolute Gasteiger partial charge is 0.170 e. The molecule has 1 aromatic heterocycles. The van der Waals surface area contributed by atoms with Crippen molar-refractivity contribution in [1.82, 2.24) is 4.98 Å². The Morgan fingerprint density at radius 2 is 1.94 bits per heavy atom. The summed E-state index contributed by atoms with van der Waals surface area (Å²) < 4.78 is 5.54. The normalized spacial score (nSPS) is 11.2. The van der Waals surface area contributed by atoms with Crippen LogP contribution in [0.25, 0.3) is 0 Å². The van der Waals surface area contributed by atoms with E-state index in [1.54, 1.807) is 42.7 Å². The predicted molar refractivity (Wildman–Crippen MR) is 63.3 cm³/mol. The molecule has 0 bridgehead atoms. The van der Waals surface area contributed by atoms with Crippen LogP contribution >= 0.6 is 0 Å². The van der Waals surface area contributed by atoms with E-state index in [2.05, 4.69) is 10.1 Å². The molecule has 0 saturated carbocycles. The van der Waals surface area contributed by atoms with Crippen LogP contribution in [-0.4, -0.2) is 16.0 Å². The largest absolute Gasteiger partial charge is 0.456 e. The Morgan fingerprint density at radius 1 is 1.18 bits per heavy atom. The highest BCUT2D eigenvalue weighted by Gasteiger charge is 2.00. The molecule has 5 heteroatoms. The molecule has 2 rings (SSSR count). The summed E-state index contributed by atoms with van der Waals surface area (Å²) in [5.41, 5.74) is 6.08. The highest BCUT2D eigenvalue weighted by Crippen LogP contribution is 2.20. The number of nitrogens with zero attached hydrogens (tertiary/aromatic N) is 2. The lowest BCUT2D eigenvalue weighted by Gasteiger charge is -2.05. The van der Waals surface area contributed by atoms with Gasteiger partial charge in [0.2, 0.25) is 0 Å². The van der Waals surface area contributed by atoms with E-state index < -0.39 is 0 Å². The fourth-order valence-corrected chi connectivity index (χ4v) is 1.30. The van der Waals surface area contributed by atoms with Crippen molar-refractivity contribution >= 4 is 5.84 Å². The van der Waals surface area contributed by atoms with Crippen LogP contribution in [0, 0.1) is 0 Å². The lowest BCUT2D eigenvalue weighted by atomic mass is 10.2. The number of amidine groups is 1. The fourth-order valence-electron chi connectivity index (χ4n) is 1.30. The standard InChI is InChI=1S/C12H11N3O2/c13-12(15-16)9-3-5-10(6-4-9)17-11-2-1-7-14-8-11/h1-8,16H,(H2,13,15). The Bertz CT molecular complexity index is 509. The zero-order chi connectivity index (χ0) is 12.1. The lowest BCUT2D eigenvalue weighted by Crippen LogP contribution is -2.12. The molecule has 0 saturated heterocycles. The van der Waals surface area contributed by atoms with Crippen molar-refractivity contribution < 1.29 is 9.94 Å². The third kappa shape index (κ3) is 2.72. The molecular formula is C12H11N3O2. The van der Waals surface area contributed by atoms with E-state index in [1.165, 1.54) is 0 Å². The van der Waals surface area contributed by atoms with Gasteiger partial charge in [0.05, 0.1) is 6.20 Å². The highest BCUT2D eigenvalue weighted by molar-refractivity contribution is 5.97. The molecule has 0 spiro atoms. The van der Waals surface area contributed by atoms with Crippen molar-refractivity contribution in [2.24, 2.45) is 10.9 Å². The maximum Gasteiger partial charge on any atom is 0.170 e. The number of rotatable bonds is 3. The van der Waals surface area contributed by atoms with Crippen LogP contribution in [0.3, 0.4) is 0 Å². The SMILES string of the molecule is N/C(=N/O)c1ccc(Oc2cccnc2)cc1. The highest BCUT2D eigenvalue weighted by atomic mass is 16.5. The number of hydrogen-bond donors (Lipinski definition) is 2. The second kappa shape index (κ2) is 4.98. The summed E-state index contributed by atoms with van der Waals surface area (Å²) in [5.74, 6) is 1.38. The summed E-state index contributed by atoms with van der Waals surface area (Å²) in [5, 5.41) is 11.4. The number of nitrogens with two attached hydrogens (primary N) is 1. The molecule has 0 unspecified atom stereocenters. The quantitative estimate of drug-likeness (QED) is 0.365. The number of ether oxygens (including phenoxy) is 1. The van der Waals surface area contributed by atoms with E-state index in [4.69, 9.17) is 15.7 Å². The van der Waals surface area contributed by atoms with E-state index in [0.717, 1.165) is 0 Å². The third-order valence-electron chi connectivity index (χ3n) is 2.13. The molecule has 1 aromatic carbocycles. The van der Waals surface area contributed by atoms with Crippen LogP contribution in [0.15, 0.2) is 53.9 Å². The van der Waals surface area contributed by atoms with Gasteiger partial charge in [0.1, 0.15) is 11.5 Å². The summed E-state index contributed by atoms with van der Waals surface area (Å²) in [6.45, 7) is 0. The first-order valence-corrected chi connectivity index (χ1v) is 4.95. The van der Waals surface area contributed by atoms with E-state index >= 15 is 0 Å². The summed E-state index contributed by atoms with van der Waals surface area (Å²) in [6, 6.07) is 10.5. The van der Waals surface area contributed by atoms with Crippen molar-refractivity contribution in [3.8, 4) is 11.5 Å². The van der Waals surface area contributed by atoms with Gasteiger partial charge in [0.25, 0.3) is 0 Å². The Balaban J connectivity index is 2.14. The molecule has 3 N–H and O–H groups in total. The van der Waals surface area contributed by atoms with Gasteiger partial charge in [0.15, 0.2) is 5.84 Å². The molecule has 0 aliphatic heterocycles. The van der Waals surface area contributed by atoms with Crippen molar-refractivity contribution in [2.75, 3.05) is 0 Å². The van der Waals surface area contributed by atoms with Crippen LogP contribution in [0.1, 0.15) is 5.56 Å². The topological polar surface area (TPSA) is 80.7 Å². The molecular weight excluding hydrogens is 218 g/mol. The average Bonchev–Trinajstić information content (AvgIpc) is 2.40. The average molecular weight is 229 g/mol. The van der Waals surface area contributed by atoms with Crippen LogP contribution in [0.5, 0.6) is 11.5 Å². The van der Waals surface area contributed by atoms with E-state index in [1.807, 2.05) is 6.07 Å². The molecule has 0 atom stereocenters. The fraction of sp³-hybridized carbons (Fsp3) is 0. The van der Waals surface area contributed by atoms with Gasteiger partial charge in [-0.25, -0.2) is 0 Å². The van der Waals surface area contributed by atoms with Crippen LogP contribution in [-0.2, 0) is 0 Å². The predicted octanol–water partition coefficient (Wildman–Crippen LogP) is 1.97. The Labute approximate surface area is 98.2 Å². The molecule has 0 aliphatic carbocycles. The molecule has 1 heterocycles. The minimum atomic E-state index is 0.0675. The Hall–Kier alpha value is -2.56. The van der Waals surface area contributed by atoms with Gasteiger partial charge in [-0.1, -0.05) is 5.16 Å². The first kappa shape index (κ1) is 10.9. The van der Waals surface area contributed by atoms with Gasteiger partial charge in [-0.3, -0.25) is 4.98 Å². The maximum atomic E-state index is 8.52. The lowest BCUT2D eigenvalue weighted by molar-refractivity contribution is 0.318. The first-order valence-electron chi connectivity index (χ1n) is 4.95. The van der Waals surface area contributed by atoms with Gasteiger partial charge in [-0.2, -0.15) is 0 Å². The molecule has 2 aromatic rings. The van der Waals surface area contributed by atoms with E-state index in [0.29, 0.717) is 17.1 Å². The number of aromatic nitrogens is 1. The summed E-state index contributed by atoms with van der Waals surface area (Å²) in [7, 11) is 0. The summed E-state index contributed by atoms with van der Waals surface area (Å²) in [6.07, 6.45) is 3.30. The second-order valence-corrected chi connectivity index (χ2v) is 3.30. The number of pyridine rings is 1. The minimum Gasteiger partial charge on any atom is -0.456 e. The maximum absolute atomic E-state index is 8.52. The number of benzene rings is 1. The minimum absolute atomic E-state index is 0.0675. The van der Waals surface area contributed by atoms with Crippen molar-refractivity contribution in [3.05, 3.63) is 54.4 Å². The van der Waals surface area contributed by atoms with Crippen LogP contribution < -0.4 is 10.5 Å².